The molecule has 26 heavy (non-hydrogen) atoms. The van der Waals surface area contributed by atoms with Gasteiger partial charge in [-0.15, -0.1) is 0 Å². The number of rotatable bonds is 5. The molecular weight excluding hydrogens is 330 g/mol. The number of carbonyl (C=O) groups excluding carboxylic acids is 1. The molecule has 138 valence electrons. The molecule has 2 aromatic rings. The largest absolute Gasteiger partial charge is 0.486 e. The molecule has 1 aliphatic rings. The van der Waals surface area contributed by atoms with Crippen molar-refractivity contribution in [2.45, 2.75) is 39.8 Å². The lowest BCUT2D eigenvalue weighted by Gasteiger charge is -2.22. The van der Waals surface area contributed by atoms with E-state index in [1.165, 1.54) is 0 Å². The third-order valence-corrected chi connectivity index (χ3v) is 4.30. The molecule has 1 N–H and O–H groups in total. The molecule has 5 nitrogen and oxygen atoms in total. The van der Waals surface area contributed by atoms with Crippen LogP contribution in [0.1, 0.15) is 36.6 Å². The summed E-state index contributed by atoms with van der Waals surface area (Å²) in [6, 6.07) is 11.5. The molecule has 0 saturated carbocycles. The average molecular weight is 355 g/mol. The molecule has 5 heteroatoms. The standard InChI is InChI=1S/C21H25NO4/c1-13-9-14(2)11-18(10-13)26-16(4)21(23)22-15(3)17-5-6-19-20(12-17)25-8-7-24-19/h5-6,9-12,15-16H,7-8H2,1-4H3,(H,22,23)/t15-,16-/m1/s1. The number of hydrogen-bond donors (Lipinski definition) is 1. The minimum atomic E-state index is -0.587. The lowest BCUT2D eigenvalue weighted by Crippen LogP contribution is -2.37. The summed E-state index contributed by atoms with van der Waals surface area (Å²) in [6.07, 6.45) is -0.587. The van der Waals surface area contributed by atoms with Crippen molar-refractivity contribution in [1.29, 1.82) is 0 Å². The Bertz CT molecular complexity index is 782. The second-order valence-corrected chi connectivity index (χ2v) is 6.72. The molecule has 0 spiro atoms. The first-order valence-corrected chi connectivity index (χ1v) is 8.87. The molecule has 3 rings (SSSR count). The van der Waals surface area contributed by atoms with Crippen LogP contribution in [0.2, 0.25) is 0 Å². The van der Waals surface area contributed by atoms with Crippen LogP contribution in [-0.4, -0.2) is 25.2 Å². The number of carbonyl (C=O) groups is 1. The van der Waals surface area contributed by atoms with Gasteiger partial charge in [0.15, 0.2) is 17.6 Å². The number of ether oxygens (including phenoxy) is 3. The fourth-order valence-electron chi connectivity index (χ4n) is 3.00. The molecule has 0 aromatic heterocycles. The Labute approximate surface area is 154 Å². The Morgan fingerprint density at radius 1 is 1.00 bits per heavy atom. The number of aryl methyl sites for hydroxylation is 2. The van der Waals surface area contributed by atoms with Crippen molar-refractivity contribution in [1.82, 2.24) is 5.32 Å². The van der Waals surface area contributed by atoms with E-state index in [1.54, 1.807) is 6.92 Å². The van der Waals surface area contributed by atoms with Crippen molar-refractivity contribution >= 4 is 5.91 Å². The van der Waals surface area contributed by atoms with E-state index in [0.717, 1.165) is 28.2 Å². The molecule has 0 radical (unpaired) electrons. The average Bonchev–Trinajstić information content (AvgIpc) is 2.60. The Morgan fingerprint density at radius 2 is 1.65 bits per heavy atom. The van der Waals surface area contributed by atoms with Crippen LogP contribution >= 0.6 is 0 Å². The van der Waals surface area contributed by atoms with Crippen molar-refractivity contribution in [2.75, 3.05) is 13.2 Å². The van der Waals surface area contributed by atoms with E-state index >= 15 is 0 Å². The van der Waals surface area contributed by atoms with Crippen LogP contribution in [0.4, 0.5) is 0 Å². The van der Waals surface area contributed by atoms with Gasteiger partial charge in [-0.1, -0.05) is 12.1 Å². The quantitative estimate of drug-likeness (QED) is 0.888. The lowest BCUT2D eigenvalue weighted by atomic mass is 10.1. The molecule has 2 atom stereocenters. The van der Waals surface area contributed by atoms with Gasteiger partial charge < -0.3 is 19.5 Å². The SMILES string of the molecule is Cc1cc(C)cc(O[C@H](C)C(=O)N[C@H](C)c2ccc3c(c2)OCCO3)c1. The summed E-state index contributed by atoms with van der Waals surface area (Å²) in [7, 11) is 0. The molecule has 2 aromatic carbocycles. The second kappa shape index (κ2) is 7.68. The second-order valence-electron chi connectivity index (χ2n) is 6.72. The van der Waals surface area contributed by atoms with E-state index in [0.29, 0.717) is 19.0 Å². The van der Waals surface area contributed by atoms with Crippen LogP contribution < -0.4 is 19.5 Å². The van der Waals surface area contributed by atoms with Crippen LogP contribution in [0, 0.1) is 13.8 Å². The van der Waals surface area contributed by atoms with Crippen LogP contribution in [-0.2, 0) is 4.79 Å². The van der Waals surface area contributed by atoms with Gasteiger partial charge in [-0.2, -0.15) is 0 Å². The van der Waals surface area contributed by atoms with E-state index in [2.05, 4.69) is 11.4 Å². The van der Waals surface area contributed by atoms with Gasteiger partial charge in [-0.3, -0.25) is 4.79 Å². The van der Waals surface area contributed by atoms with Gasteiger partial charge in [0.2, 0.25) is 0 Å². The summed E-state index contributed by atoms with van der Waals surface area (Å²) in [5.41, 5.74) is 3.18. The number of nitrogens with one attached hydrogen (secondary N) is 1. The van der Waals surface area contributed by atoms with E-state index in [9.17, 15) is 4.79 Å². The molecule has 1 aliphatic heterocycles. The minimum Gasteiger partial charge on any atom is -0.486 e. The van der Waals surface area contributed by atoms with Crippen LogP contribution in [0.15, 0.2) is 36.4 Å². The molecule has 1 amide bonds. The van der Waals surface area contributed by atoms with E-state index in [1.807, 2.05) is 51.1 Å². The maximum absolute atomic E-state index is 12.5. The van der Waals surface area contributed by atoms with E-state index in [4.69, 9.17) is 14.2 Å². The van der Waals surface area contributed by atoms with Gasteiger partial charge in [-0.25, -0.2) is 0 Å². The Hall–Kier alpha value is -2.69. The first-order valence-electron chi connectivity index (χ1n) is 8.87. The molecule has 0 fully saturated rings. The highest BCUT2D eigenvalue weighted by Crippen LogP contribution is 2.32. The van der Waals surface area contributed by atoms with Gasteiger partial charge in [0.05, 0.1) is 6.04 Å². The topological polar surface area (TPSA) is 56.8 Å². The third-order valence-electron chi connectivity index (χ3n) is 4.30. The molecule has 0 unspecified atom stereocenters. The Kier molecular flexibility index (Phi) is 5.35. The fraction of sp³-hybridized carbons (Fsp3) is 0.381. The Balaban J connectivity index is 1.63. The maximum atomic E-state index is 12.5. The zero-order chi connectivity index (χ0) is 18.7. The minimum absolute atomic E-state index is 0.161. The van der Waals surface area contributed by atoms with Crippen molar-refractivity contribution < 1.29 is 19.0 Å². The van der Waals surface area contributed by atoms with E-state index < -0.39 is 6.10 Å². The lowest BCUT2D eigenvalue weighted by molar-refractivity contribution is -0.127. The van der Waals surface area contributed by atoms with Crippen molar-refractivity contribution in [3.05, 3.63) is 53.1 Å². The molecule has 0 aliphatic carbocycles. The van der Waals surface area contributed by atoms with E-state index in [-0.39, 0.29) is 11.9 Å². The summed E-state index contributed by atoms with van der Waals surface area (Å²) in [5, 5.41) is 2.99. The van der Waals surface area contributed by atoms with Gasteiger partial charge in [0.25, 0.3) is 5.91 Å². The summed E-state index contributed by atoms with van der Waals surface area (Å²) < 4.78 is 16.9. The number of fused-ring (bicyclic) bond motifs is 1. The molecule has 0 bridgehead atoms. The predicted octanol–water partition coefficient (Wildman–Crippen LogP) is 3.72. The third kappa shape index (κ3) is 4.28. The zero-order valence-corrected chi connectivity index (χ0v) is 15.7. The van der Waals surface area contributed by atoms with Gasteiger partial charge in [0, 0.05) is 0 Å². The number of benzene rings is 2. The Morgan fingerprint density at radius 3 is 2.35 bits per heavy atom. The van der Waals surface area contributed by atoms with Gasteiger partial charge in [0.1, 0.15) is 19.0 Å². The number of hydrogen-bond acceptors (Lipinski definition) is 4. The highest BCUT2D eigenvalue weighted by Gasteiger charge is 2.20. The summed E-state index contributed by atoms with van der Waals surface area (Å²) in [5.74, 6) is 2.00. The fourth-order valence-corrected chi connectivity index (χ4v) is 3.00. The first kappa shape index (κ1) is 18.1. The zero-order valence-electron chi connectivity index (χ0n) is 15.7. The van der Waals surface area contributed by atoms with Gasteiger partial charge in [-0.05, 0) is 68.7 Å². The molecule has 1 heterocycles. The number of amides is 1. The highest BCUT2D eigenvalue weighted by molar-refractivity contribution is 5.81. The summed E-state index contributed by atoms with van der Waals surface area (Å²) in [4.78, 5) is 12.5. The van der Waals surface area contributed by atoms with Crippen LogP contribution in [0.25, 0.3) is 0 Å². The summed E-state index contributed by atoms with van der Waals surface area (Å²) >= 11 is 0. The van der Waals surface area contributed by atoms with Crippen molar-refractivity contribution in [3.8, 4) is 17.2 Å². The smallest absolute Gasteiger partial charge is 0.261 e. The highest BCUT2D eigenvalue weighted by atomic mass is 16.6. The molecule has 0 saturated heterocycles. The maximum Gasteiger partial charge on any atom is 0.261 e. The normalized spacial score (nSPS) is 15.1. The van der Waals surface area contributed by atoms with Gasteiger partial charge >= 0.3 is 0 Å². The first-order chi connectivity index (χ1) is 12.4. The van der Waals surface area contributed by atoms with Crippen molar-refractivity contribution in [2.24, 2.45) is 0 Å². The van der Waals surface area contributed by atoms with Crippen LogP contribution in [0.3, 0.4) is 0 Å². The predicted molar refractivity (Wildman–Crippen MR) is 100.0 cm³/mol. The van der Waals surface area contributed by atoms with Crippen molar-refractivity contribution in [3.63, 3.8) is 0 Å². The van der Waals surface area contributed by atoms with Crippen LogP contribution in [0.5, 0.6) is 17.2 Å². The monoisotopic (exact) mass is 355 g/mol. The molecular formula is C21H25NO4. The summed E-state index contributed by atoms with van der Waals surface area (Å²) in [6.45, 7) is 8.81.